The number of aryl methyl sites for hydroxylation is 2. The van der Waals surface area contributed by atoms with E-state index < -0.39 is 0 Å². The normalized spacial score (nSPS) is 11.1. The predicted molar refractivity (Wildman–Crippen MR) is 73.4 cm³/mol. The van der Waals surface area contributed by atoms with Crippen molar-refractivity contribution in [2.45, 2.75) is 13.1 Å². The van der Waals surface area contributed by atoms with Gasteiger partial charge in [-0.15, -0.1) is 5.10 Å². The second-order valence-electron chi connectivity index (χ2n) is 3.97. The zero-order valence-corrected chi connectivity index (χ0v) is 11.7. The van der Waals surface area contributed by atoms with Crippen molar-refractivity contribution < 1.29 is 0 Å². The van der Waals surface area contributed by atoms with Crippen molar-refractivity contribution in [2.24, 2.45) is 7.05 Å². The van der Waals surface area contributed by atoms with E-state index in [0.717, 1.165) is 29.4 Å². The molecule has 2 rings (SSSR count). The Balaban J connectivity index is 2.40. The molecular formula is C11H18N6S. The van der Waals surface area contributed by atoms with Gasteiger partial charge in [-0.05, 0) is 19.4 Å². The molecule has 0 aliphatic carbocycles. The lowest BCUT2D eigenvalue weighted by atomic mass is 10.2. The van der Waals surface area contributed by atoms with Crippen molar-refractivity contribution in [3.05, 3.63) is 18.0 Å². The molecule has 98 valence electrons. The van der Waals surface area contributed by atoms with E-state index in [4.69, 9.17) is 0 Å². The van der Waals surface area contributed by atoms with Crippen molar-refractivity contribution >= 4 is 11.8 Å². The van der Waals surface area contributed by atoms with Gasteiger partial charge in [0.1, 0.15) is 11.4 Å². The monoisotopic (exact) mass is 266 g/mol. The minimum atomic E-state index is 0.708. The third-order valence-electron chi connectivity index (χ3n) is 2.72. The molecule has 0 amide bonds. The lowest BCUT2D eigenvalue weighted by Gasteiger charge is -2.07. The molecule has 0 fully saturated rings. The van der Waals surface area contributed by atoms with Crippen LogP contribution in [0.5, 0.6) is 0 Å². The fraction of sp³-hybridized carbons (Fsp3) is 0.545. The van der Waals surface area contributed by atoms with Gasteiger partial charge >= 0.3 is 0 Å². The molecule has 0 aromatic carbocycles. The Labute approximate surface area is 111 Å². The van der Waals surface area contributed by atoms with Crippen molar-refractivity contribution in [3.63, 3.8) is 0 Å². The predicted octanol–water partition coefficient (Wildman–Crippen LogP) is 0.761. The van der Waals surface area contributed by atoms with E-state index in [9.17, 15) is 0 Å². The Morgan fingerprint density at radius 2 is 2.28 bits per heavy atom. The quantitative estimate of drug-likeness (QED) is 0.836. The highest BCUT2D eigenvalue weighted by molar-refractivity contribution is 7.98. The van der Waals surface area contributed by atoms with E-state index in [2.05, 4.69) is 27.0 Å². The van der Waals surface area contributed by atoms with Crippen molar-refractivity contribution in [2.75, 3.05) is 19.1 Å². The van der Waals surface area contributed by atoms with Crippen LogP contribution >= 0.6 is 11.8 Å². The number of hydrogen-bond donors (Lipinski definition) is 1. The van der Waals surface area contributed by atoms with Crippen LogP contribution in [0.1, 0.15) is 5.69 Å². The van der Waals surface area contributed by atoms with Gasteiger partial charge in [-0.25, -0.2) is 4.68 Å². The molecule has 18 heavy (non-hydrogen) atoms. The lowest BCUT2D eigenvalue weighted by molar-refractivity contribution is 0.632. The number of nitrogens with one attached hydrogen (secondary N) is 1. The van der Waals surface area contributed by atoms with Crippen LogP contribution in [0, 0.1) is 0 Å². The van der Waals surface area contributed by atoms with Crippen molar-refractivity contribution in [3.8, 4) is 11.4 Å². The molecule has 0 radical (unpaired) electrons. The molecule has 0 aliphatic heterocycles. The van der Waals surface area contributed by atoms with Crippen LogP contribution in [-0.2, 0) is 20.1 Å². The zero-order chi connectivity index (χ0) is 13.0. The Bertz CT molecular complexity index is 503. The first-order chi connectivity index (χ1) is 8.77. The average Bonchev–Trinajstić information content (AvgIpc) is 2.93. The molecule has 0 atom stereocenters. The third kappa shape index (κ3) is 2.56. The molecular weight excluding hydrogens is 248 g/mol. The van der Waals surface area contributed by atoms with E-state index in [1.165, 1.54) is 0 Å². The molecule has 0 saturated carbocycles. The SMILES string of the molecule is CNCc1nnn(CCSC)c1-c1ccnn1C. The molecule has 0 saturated heterocycles. The van der Waals surface area contributed by atoms with Gasteiger partial charge in [-0.3, -0.25) is 4.68 Å². The smallest absolute Gasteiger partial charge is 0.111 e. The summed E-state index contributed by atoms with van der Waals surface area (Å²) in [5.74, 6) is 1.02. The summed E-state index contributed by atoms with van der Waals surface area (Å²) in [4.78, 5) is 0. The topological polar surface area (TPSA) is 60.6 Å². The molecule has 1 N–H and O–H groups in total. The molecule has 2 heterocycles. The maximum absolute atomic E-state index is 4.26. The molecule has 0 bridgehead atoms. The first-order valence-corrected chi connectivity index (χ1v) is 7.21. The van der Waals surface area contributed by atoms with E-state index in [1.807, 2.05) is 29.5 Å². The summed E-state index contributed by atoms with van der Waals surface area (Å²) in [6.45, 7) is 1.57. The molecule has 0 spiro atoms. The van der Waals surface area contributed by atoms with Crippen LogP contribution in [0.25, 0.3) is 11.4 Å². The number of nitrogens with zero attached hydrogens (tertiary/aromatic N) is 5. The molecule has 0 unspecified atom stereocenters. The van der Waals surface area contributed by atoms with Gasteiger partial charge in [-0.1, -0.05) is 5.21 Å². The van der Waals surface area contributed by atoms with Crippen LogP contribution in [-0.4, -0.2) is 43.8 Å². The fourth-order valence-electron chi connectivity index (χ4n) is 1.86. The van der Waals surface area contributed by atoms with Crippen molar-refractivity contribution in [1.29, 1.82) is 0 Å². The maximum atomic E-state index is 4.26. The summed E-state index contributed by atoms with van der Waals surface area (Å²) < 4.78 is 3.81. The van der Waals surface area contributed by atoms with Gasteiger partial charge in [-0.2, -0.15) is 16.9 Å². The van der Waals surface area contributed by atoms with Crippen LogP contribution in [0.2, 0.25) is 0 Å². The summed E-state index contributed by atoms with van der Waals surface area (Å²) in [6, 6.07) is 1.99. The highest BCUT2D eigenvalue weighted by atomic mass is 32.2. The van der Waals surface area contributed by atoms with Crippen molar-refractivity contribution in [1.82, 2.24) is 30.1 Å². The van der Waals surface area contributed by atoms with E-state index in [1.54, 1.807) is 18.0 Å². The van der Waals surface area contributed by atoms with Gasteiger partial charge in [0, 0.05) is 25.5 Å². The average molecular weight is 266 g/mol. The van der Waals surface area contributed by atoms with Crippen LogP contribution in [0.15, 0.2) is 12.3 Å². The van der Waals surface area contributed by atoms with Gasteiger partial charge < -0.3 is 5.32 Å². The number of rotatable bonds is 6. The van der Waals surface area contributed by atoms with Crippen LogP contribution in [0.4, 0.5) is 0 Å². The second-order valence-corrected chi connectivity index (χ2v) is 4.96. The Kier molecular flexibility index (Phi) is 4.38. The Morgan fingerprint density at radius 3 is 2.89 bits per heavy atom. The second kappa shape index (κ2) is 6.01. The Morgan fingerprint density at radius 1 is 1.44 bits per heavy atom. The zero-order valence-electron chi connectivity index (χ0n) is 10.9. The highest BCUT2D eigenvalue weighted by Crippen LogP contribution is 2.21. The van der Waals surface area contributed by atoms with Crippen LogP contribution < -0.4 is 5.32 Å². The number of thioether (sulfide) groups is 1. The largest absolute Gasteiger partial charge is 0.314 e. The summed E-state index contributed by atoms with van der Waals surface area (Å²) >= 11 is 1.80. The summed E-state index contributed by atoms with van der Waals surface area (Å²) in [6.07, 6.45) is 3.89. The summed E-state index contributed by atoms with van der Waals surface area (Å²) in [7, 11) is 3.85. The molecule has 7 heteroatoms. The van der Waals surface area contributed by atoms with Gasteiger partial charge in [0.25, 0.3) is 0 Å². The van der Waals surface area contributed by atoms with Crippen LogP contribution in [0.3, 0.4) is 0 Å². The minimum absolute atomic E-state index is 0.708. The third-order valence-corrected chi connectivity index (χ3v) is 3.31. The van der Waals surface area contributed by atoms with Gasteiger partial charge in [0.2, 0.25) is 0 Å². The Hall–Kier alpha value is -1.34. The van der Waals surface area contributed by atoms with E-state index in [-0.39, 0.29) is 0 Å². The first-order valence-electron chi connectivity index (χ1n) is 5.82. The van der Waals surface area contributed by atoms with Gasteiger partial charge in [0.15, 0.2) is 0 Å². The fourth-order valence-corrected chi connectivity index (χ4v) is 2.21. The molecule has 2 aromatic heterocycles. The van der Waals surface area contributed by atoms with E-state index in [0.29, 0.717) is 6.54 Å². The van der Waals surface area contributed by atoms with E-state index >= 15 is 0 Å². The molecule has 6 nitrogen and oxygen atoms in total. The summed E-state index contributed by atoms with van der Waals surface area (Å²) in [5, 5.41) is 15.8. The first kappa shape index (κ1) is 13.1. The van der Waals surface area contributed by atoms with Gasteiger partial charge in [0.05, 0.1) is 12.2 Å². The standard InChI is InChI=1S/C11H18N6S/c1-12-8-9-11(10-4-5-13-16(10)2)17(15-14-9)6-7-18-3/h4-5,12H,6-8H2,1-3H3. The molecule has 0 aliphatic rings. The minimum Gasteiger partial charge on any atom is -0.314 e. The maximum Gasteiger partial charge on any atom is 0.111 e. The lowest BCUT2D eigenvalue weighted by Crippen LogP contribution is -2.10. The summed E-state index contributed by atoms with van der Waals surface area (Å²) in [5.41, 5.74) is 3.06. The number of hydrogen-bond acceptors (Lipinski definition) is 5. The number of aromatic nitrogens is 5. The molecule has 2 aromatic rings. The highest BCUT2D eigenvalue weighted by Gasteiger charge is 2.16.